The molecule has 0 unspecified atom stereocenters. The van der Waals surface area contributed by atoms with Crippen LogP contribution < -0.4 is 0 Å². The first-order chi connectivity index (χ1) is 7.69. The average molecular weight is 232 g/mol. The zero-order chi connectivity index (χ0) is 12.8. The molecule has 17 heavy (non-hydrogen) atoms. The SMILES string of the molecule is CC(C)(C)c1ncn2ncc(C(C)(C)C)c2n1. The van der Waals surface area contributed by atoms with Gasteiger partial charge in [0.2, 0.25) is 0 Å². The van der Waals surface area contributed by atoms with Gasteiger partial charge in [-0.15, -0.1) is 0 Å². The predicted molar refractivity (Wildman–Crippen MR) is 68.2 cm³/mol. The van der Waals surface area contributed by atoms with E-state index in [1.165, 1.54) is 0 Å². The number of rotatable bonds is 0. The summed E-state index contributed by atoms with van der Waals surface area (Å²) < 4.78 is 1.75. The van der Waals surface area contributed by atoms with Crippen LogP contribution in [0.4, 0.5) is 0 Å². The lowest BCUT2D eigenvalue weighted by atomic mass is 9.89. The van der Waals surface area contributed by atoms with E-state index >= 15 is 0 Å². The number of nitrogens with zero attached hydrogens (tertiary/aromatic N) is 4. The van der Waals surface area contributed by atoms with Crippen molar-refractivity contribution in [1.82, 2.24) is 19.6 Å². The monoisotopic (exact) mass is 232 g/mol. The minimum absolute atomic E-state index is 0.0405. The molecular weight excluding hydrogens is 212 g/mol. The van der Waals surface area contributed by atoms with E-state index in [1.807, 2.05) is 6.20 Å². The third-order valence-corrected chi connectivity index (χ3v) is 2.75. The summed E-state index contributed by atoms with van der Waals surface area (Å²) in [4.78, 5) is 9.03. The van der Waals surface area contributed by atoms with Crippen molar-refractivity contribution in [1.29, 1.82) is 0 Å². The molecule has 0 N–H and O–H groups in total. The molecule has 0 bridgehead atoms. The van der Waals surface area contributed by atoms with Gasteiger partial charge in [-0.25, -0.2) is 14.5 Å². The Morgan fingerprint density at radius 2 is 1.65 bits per heavy atom. The van der Waals surface area contributed by atoms with Crippen LogP contribution in [-0.4, -0.2) is 19.6 Å². The zero-order valence-electron chi connectivity index (χ0n) is 11.4. The molecule has 0 fully saturated rings. The molecule has 2 heterocycles. The normalized spacial score (nSPS) is 13.3. The maximum absolute atomic E-state index is 4.66. The fourth-order valence-electron chi connectivity index (χ4n) is 1.68. The summed E-state index contributed by atoms with van der Waals surface area (Å²) in [6, 6.07) is 0. The van der Waals surface area contributed by atoms with Gasteiger partial charge in [-0.05, 0) is 5.41 Å². The Kier molecular flexibility index (Phi) is 2.49. The molecule has 0 atom stereocenters. The highest BCUT2D eigenvalue weighted by molar-refractivity contribution is 5.49. The fraction of sp³-hybridized carbons (Fsp3) is 0.615. The molecule has 92 valence electrons. The van der Waals surface area contributed by atoms with Crippen LogP contribution in [0, 0.1) is 0 Å². The van der Waals surface area contributed by atoms with Gasteiger partial charge in [-0.3, -0.25) is 0 Å². The first-order valence-electron chi connectivity index (χ1n) is 5.91. The van der Waals surface area contributed by atoms with Crippen molar-refractivity contribution in [3.8, 4) is 0 Å². The summed E-state index contributed by atoms with van der Waals surface area (Å²) in [6.07, 6.45) is 3.63. The standard InChI is InChI=1S/C13H20N4/c1-12(2,3)9-7-15-17-8-14-11(13(4,5)6)16-10(9)17/h7-8H,1-6H3. The second-order valence-electron chi connectivity index (χ2n) is 6.51. The molecule has 2 aromatic heterocycles. The molecule has 0 aliphatic carbocycles. The van der Waals surface area contributed by atoms with E-state index in [1.54, 1.807) is 10.8 Å². The van der Waals surface area contributed by atoms with E-state index in [2.05, 4.69) is 56.6 Å². The Balaban J connectivity index is 2.67. The number of hydrogen-bond donors (Lipinski definition) is 0. The first-order valence-corrected chi connectivity index (χ1v) is 5.91. The Bertz CT molecular complexity index is 541. The van der Waals surface area contributed by atoms with Crippen molar-refractivity contribution in [3.05, 3.63) is 23.9 Å². The molecule has 0 spiro atoms. The quantitative estimate of drug-likeness (QED) is 0.701. The van der Waals surface area contributed by atoms with Crippen molar-refractivity contribution in [2.24, 2.45) is 0 Å². The molecule has 0 radical (unpaired) electrons. The number of hydrogen-bond acceptors (Lipinski definition) is 3. The highest BCUT2D eigenvalue weighted by Crippen LogP contribution is 2.26. The van der Waals surface area contributed by atoms with Crippen molar-refractivity contribution in [3.63, 3.8) is 0 Å². The molecule has 4 nitrogen and oxygen atoms in total. The minimum atomic E-state index is -0.0405. The number of fused-ring (bicyclic) bond motifs is 1. The van der Waals surface area contributed by atoms with Crippen molar-refractivity contribution in [2.45, 2.75) is 52.4 Å². The van der Waals surface area contributed by atoms with Crippen molar-refractivity contribution >= 4 is 5.65 Å². The maximum atomic E-state index is 4.66. The van der Waals surface area contributed by atoms with Crippen LogP contribution >= 0.6 is 0 Å². The molecule has 2 rings (SSSR count). The van der Waals surface area contributed by atoms with Gasteiger partial charge in [-0.2, -0.15) is 5.10 Å². The van der Waals surface area contributed by atoms with Gasteiger partial charge in [0, 0.05) is 11.0 Å². The Hall–Kier alpha value is -1.45. The van der Waals surface area contributed by atoms with Crippen LogP contribution in [0.2, 0.25) is 0 Å². The molecule has 2 aromatic rings. The van der Waals surface area contributed by atoms with Gasteiger partial charge < -0.3 is 0 Å². The van der Waals surface area contributed by atoms with E-state index in [4.69, 9.17) is 0 Å². The summed E-state index contributed by atoms with van der Waals surface area (Å²) >= 11 is 0. The molecule has 0 saturated heterocycles. The lowest BCUT2D eigenvalue weighted by Crippen LogP contribution is -2.18. The van der Waals surface area contributed by atoms with Crippen LogP contribution in [-0.2, 0) is 10.8 Å². The summed E-state index contributed by atoms with van der Waals surface area (Å²) in [7, 11) is 0. The van der Waals surface area contributed by atoms with Crippen molar-refractivity contribution < 1.29 is 0 Å². The molecular formula is C13H20N4. The van der Waals surface area contributed by atoms with E-state index in [0.717, 1.165) is 17.0 Å². The lowest BCUT2D eigenvalue weighted by Gasteiger charge is -2.18. The second kappa shape index (κ2) is 3.52. The third kappa shape index (κ3) is 2.16. The third-order valence-electron chi connectivity index (χ3n) is 2.75. The van der Waals surface area contributed by atoms with Gasteiger partial charge in [-0.1, -0.05) is 41.5 Å². The number of aromatic nitrogens is 4. The van der Waals surface area contributed by atoms with E-state index in [-0.39, 0.29) is 10.8 Å². The lowest BCUT2D eigenvalue weighted by molar-refractivity contribution is 0.539. The topological polar surface area (TPSA) is 43.1 Å². The van der Waals surface area contributed by atoms with Crippen LogP contribution in [0.1, 0.15) is 52.9 Å². The molecule has 0 saturated carbocycles. The second-order valence-corrected chi connectivity index (χ2v) is 6.51. The first kappa shape index (κ1) is 12.0. The Morgan fingerprint density at radius 3 is 2.18 bits per heavy atom. The Morgan fingerprint density at radius 1 is 1.00 bits per heavy atom. The maximum Gasteiger partial charge on any atom is 0.162 e. The summed E-state index contributed by atoms with van der Waals surface area (Å²) in [5.41, 5.74) is 2.08. The van der Waals surface area contributed by atoms with Crippen LogP contribution in [0.3, 0.4) is 0 Å². The predicted octanol–water partition coefficient (Wildman–Crippen LogP) is 2.72. The average Bonchev–Trinajstić information content (AvgIpc) is 2.57. The van der Waals surface area contributed by atoms with Gasteiger partial charge in [0.1, 0.15) is 12.2 Å². The van der Waals surface area contributed by atoms with Gasteiger partial charge in [0.25, 0.3) is 0 Å². The van der Waals surface area contributed by atoms with E-state index < -0.39 is 0 Å². The summed E-state index contributed by atoms with van der Waals surface area (Å²) in [5.74, 6) is 0.857. The van der Waals surface area contributed by atoms with E-state index in [9.17, 15) is 0 Å². The van der Waals surface area contributed by atoms with Crippen molar-refractivity contribution in [2.75, 3.05) is 0 Å². The van der Waals surface area contributed by atoms with Crippen LogP contribution in [0.15, 0.2) is 12.5 Å². The smallest absolute Gasteiger partial charge is 0.162 e. The highest BCUT2D eigenvalue weighted by atomic mass is 15.3. The summed E-state index contributed by atoms with van der Waals surface area (Å²) in [5, 5.41) is 4.30. The largest absolute Gasteiger partial charge is 0.221 e. The van der Waals surface area contributed by atoms with Gasteiger partial charge in [0.15, 0.2) is 5.65 Å². The fourth-order valence-corrected chi connectivity index (χ4v) is 1.68. The molecule has 0 aliphatic heterocycles. The van der Waals surface area contributed by atoms with Crippen LogP contribution in [0.25, 0.3) is 5.65 Å². The molecule has 4 heteroatoms. The summed E-state index contributed by atoms with van der Waals surface area (Å²) in [6.45, 7) is 12.9. The minimum Gasteiger partial charge on any atom is -0.221 e. The molecule has 0 aliphatic rings. The van der Waals surface area contributed by atoms with Gasteiger partial charge >= 0.3 is 0 Å². The van der Waals surface area contributed by atoms with E-state index in [0.29, 0.717) is 0 Å². The Labute approximate surface area is 102 Å². The molecule has 0 aromatic carbocycles. The highest BCUT2D eigenvalue weighted by Gasteiger charge is 2.23. The van der Waals surface area contributed by atoms with Gasteiger partial charge in [0.05, 0.1) is 6.20 Å². The molecule has 0 amide bonds. The van der Waals surface area contributed by atoms with Crippen LogP contribution in [0.5, 0.6) is 0 Å². The zero-order valence-corrected chi connectivity index (χ0v) is 11.4.